The number of hydrogen-bond donors (Lipinski definition) is 1. The van der Waals surface area contributed by atoms with Crippen molar-refractivity contribution in [1.29, 1.82) is 0 Å². The fourth-order valence-corrected chi connectivity index (χ4v) is 2.91. The average Bonchev–Trinajstić information content (AvgIpc) is 2.59. The maximum Gasteiger partial charge on any atom is 0.329 e. The number of rotatable bonds is 4. The molecular formula is C15H18BrN5O3. The summed E-state index contributed by atoms with van der Waals surface area (Å²) in [6.45, 7) is 2.00. The number of anilines is 1. The van der Waals surface area contributed by atoms with Crippen molar-refractivity contribution in [3.05, 3.63) is 43.8 Å². The molecule has 24 heavy (non-hydrogen) atoms. The summed E-state index contributed by atoms with van der Waals surface area (Å²) in [5, 5.41) is 0. The molecule has 128 valence electrons. The molecule has 0 aromatic carbocycles. The van der Waals surface area contributed by atoms with Gasteiger partial charge in [0.15, 0.2) is 0 Å². The van der Waals surface area contributed by atoms with Crippen LogP contribution in [-0.4, -0.2) is 39.2 Å². The van der Waals surface area contributed by atoms with Gasteiger partial charge in [-0.05, 0) is 28.8 Å². The van der Waals surface area contributed by atoms with Crippen LogP contribution < -0.4 is 20.9 Å². The summed E-state index contributed by atoms with van der Waals surface area (Å²) in [6.07, 6.45) is 5.26. The smallest absolute Gasteiger partial charge is 0.329 e. The van der Waals surface area contributed by atoms with Crippen LogP contribution >= 0.6 is 15.9 Å². The molecule has 0 amide bonds. The molecule has 1 fully saturated rings. The average molecular weight is 396 g/mol. The Labute approximate surface area is 146 Å². The molecule has 1 unspecified atom stereocenters. The minimum atomic E-state index is -0.404. The van der Waals surface area contributed by atoms with Crippen LogP contribution in [0.4, 0.5) is 5.82 Å². The molecule has 1 aliphatic heterocycles. The molecule has 2 aromatic heterocycles. The Bertz CT molecular complexity index is 786. The van der Waals surface area contributed by atoms with Gasteiger partial charge in [0.1, 0.15) is 5.82 Å². The second kappa shape index (κ2) is 7.16. The van der Waals surface area contributed by atoms with Crippen molar-refractivity contribution < 1.29 is 4.74 Å². The van der Waals surface area contributed by atoms with Crippen molar-refractivity contribution in [1.82, 2.24) is 19.5 Å². The van der Waals surface area contributed by atoms with Crippen molar-refractivity contribution >= 4 is 21.7 Å². The van der Waals surface area contributed by atoms with Gasteiger partial charge in [-0.25, -0.2) is 14.8 Å². The van der Waals surface area contributed by atoms with Gasteiger partial charge in [0, 0.05) is 44.5 Å². The summed E-state index contributed by atoms with van der Waals surface area (Å²) < 4.78 is 7.50. The number of ether oxygens (including phenoxy) is 1. The zero-order valence-corrected chi connectivity index (χ0v) is 14.8. The Morgan fingerprint density at radius 3 is 2.83 bits per heavy atom. The molecule has 0 aliphatic carbocycles. The SMILES string of the molecule is Cn1c(=O)cc(N2CCCC(COc3ncc(Br)cn3)C2)[nH]c1=O. The molecule has 3 rings (SSSR count). The first kappa shape index (κ1) is 16.7. The third kappa shape index (κ3) is 3.84. The van der Waals surface area contributed by atoms with Crippen LogP contribution in [0.25, 0.3) is 0 Å². The Balaban J connectivity index is 1.65. The highest BCUT2D eigenvalue weighted by Gasteiger charge is 2.22. The molecular weight excluding hydrogens is 378 g/mol. The summed E-state index contributed by atoms with van der Waals surface area (Å²) in [5.41, 5.74) is -0.713. The third-order valence-corrected chi connectivity index (χ3v) is 4.44. The third-order valence-electron chi connectivity index (χ3n) is 4.03. The lowest BCUT2D eigenvalue weighted by Crippen LogP contribution is -2.41. The van der Waals surface area contributed by atoms with E-state index in [0.717, 1.165) is 28.4 Å². The number of aromatic nitrogens is 4. The highest BCUT2D eigenvalue weighted by Crippen LogP contribution is 2.21. The first-order valence-corrected chi connectivity index (χ1v) is 8.48. The fraction of sp³-hybridized carbons (Fsp3) is 0.467. The molecule has 0 spiro atoms. The monoisotopic (exact) mass is 395 g/mol. The van der Waals surface area contributed by atoms with Gasteiger partial charge in [0.05, 0.1) is 11.1 Å². The van der Waals surface area contributed by atoms with Crippen LogP contribution in [0.2, 0.25) is 0 Å². The lowest BCUT2D eigenvalue weighted by molar-refractivity contribution is 0.213. The summed E-state index contributed by atoms with van der Waals surface area (Å²) >= 11 is 3.28. The van der Waals surface area contributed by atoms with Crippen LogP contribution in [-0.2, 0) is 7.05 Å². The standard InChI is InChI=1S/C15H18BrN5O3/c1-20-13(22)5-12(19-15(20)23)21-4-2-3-10(8-21)9-24-14-17-6-11(16)7-18-14/h5-7,10H,2-4,8-9H2,1H3,(H,19,23). The number of hydrogen-bond acceptors (Lipinski definition) is 6. The first-order chi connectivity index (χ1) is 11.5. The van der Waals surface area contributed by atoms with E-state index in [2.05, 4.69) is 30.9 Å². The van der Waals surface area contributed by atoms with Gasteiger partial charge in [-0.15, -0.1) is 0 Å². The van der Waals surface area contributed by atoms with Crippen molar-refractivity contribution in [2.45, 2.75) is 12.8 Å². The summed E-state index contributed by atoms with van der Waals surface area (Å²) in [4.78, 5) is 36.5. The van der Waals surface area contributed by atoms with E-state index in [9.17, 15) is 9.59 Å². The molecule has 1 N–H and O–H groups in total. The zero-order valence-electron chi connectivity index (χ0n) is 13.2. The molecule has 0 bridgehead atoms. The van der Waals surface area contributed by atoms with E-state index in [-0.39, 0.29) is 11.5 Å². The Hall–Kier alpha value is -2.16. The molecule has 2 aromatic rings. The van der Waals surface area contributed by atoms with Crippen LogP contribution in [0, 0.1) is 5.92 Å². The number of H-pyrrole nitrogens is 1. The van der Waals surface area contributed by atoms with E-state index in [1.165, 1.54) is 13.1 Å². The van der Waals surface area contributed by atoms with Crippen LogP contribution in [0.3, 0.4) is 0 Å². The topological polar surface area (TPSA) is 93.1 Å². The molecule has 8 nitrogen and oxygen atoms in total. The van der Waals surface area contributed by atoms with E-state index >= 15 is 0 Å². The number of halogens is 1. The second-order valence-electron chi connectivity index (χ2n) is 5.81. The number of nitrogens with zero attached hydrogens (tertiary/aromatic N) is 4. The maximum absolute atomic E-state index is 11.8. The minimum absolute atomic E-state index is 0.276. The molecule has 1 aliphatic rings. The largest absolute Gasteiger partial charge is 0.463 e. The molecule has 0 radical (unpaired) electrons. The molecule has 9 heteroatoms. The zero-order chi connectivity index (χ0) is 17.1. The normalized spacial score (nSPS) is 17.8. The number of nitrogens with one attached hydrogen (secondary N) is 1. The van der Waals surface area contributed by atoms with Crippen LogP contribution in [0.1, 0.15) is 12.8 Å². The minimum Gasteiger partial charge on any atom is -0.463 e. The lowest BCUT2D eigenvalue weighted by Gasteiger charge is -2.33. The van der Waals surface area contributed by atoms with Crippen molar-refractivity contribution in [2.24, 2.45) is 13.0 Å². The van der Waals surface area contributed by atoms with Crippen molar-refractivity contribution in [2.75, 3.05) is 24.6 Å². The Morgan fingerprint density at radius 2 is 2.12 bits per heavy atom. The van der Waals surface area contributed by atoms with E-state index < -0.39 is 5.69 Å². The fourth-order valence-electron chi connectivity index (χ4n) is 2.70. The Morgan fingerprint density at radius 1 is 1.38 bits per heavy atom. The van der Waals surface area contributed by atoms with Gasteiger partial charge < -0.3 is 9.64 Å². The maximum atomic E-state index is 11.8. The van der Waals surface area contributed by atoms with E-state index in [1.54, 1.807) is 12.4 Å². The highest BCUT2D eigenvalue weighted by molar-refractivity contribution is 9.10. The van der Waals surface area contributed by atoms with Gasteiger partial charge in [-0.3, -0.25) is 14.3 Å². The predicted molar refractivity (Wildman–Crippen MR) is 92.5 cm³/mol. The number of aromatic amines is 1. The summed E-state index contributed by atoms with van der Waals surface area (Å²) in [5.74, 6) is 0.839. The van der Waals surface area contributed by atoms with E-state index in [1.807, 2.05) is 4.90 Å². The van der Waals surface area contributed by atoms with Crippen LogP contribution in [0.5, 0.6) is 6.01 Å². The summed E-state index contributed by atoms with van der Waals surface area (Å²) in [7, 11) is 1.45. The van der Waals surface area contributed by atoms with Gasteiger partial charge in [0.25, 0.3) is 5.56 Å². The van der Waals surface area contributed by atoms with Gasteiger partial charge >= 0.3 is 11.7 Å². The number of piperidine rings is 1. The van der Waals surface area contributed by atoms with Gasteiger partial charge in [-0.2, -0.15) is 0 Å². The second-order valence-corrected chi connectivity index (χ2v) is 6.72. The molecule has 1 saturated heterocycles. The highest BCUT2D eigenvalue weighted by atomic mass is 79.9. The van der Waals surface area contributed by atoms with Crippen molar-refractivity contribution in [3.63, 3.8) is 0 Å². The van der Waals surface area contributed by atoms with Gasteiger partial charge in [-0.1, -0.05) is 0 Å². The molecule has 0 saturated carbocycles. The molecule has 1 atom stereocenters. The predicted octanol–water partition coefficient (Wildman–Crippen LogP) is 0.921. The first-order valence-electron chi connectivity index (χ1n) is 7.68. The Kier molecular flexibility index (Phi) is 4.98. The van der Waals surface area contributed by atoms with Gasteiger partial charge in [0.2, 0.25) is 0 Å². The van der Waals surface area contributed by atoms with Crippen molar-refractivity contribution in [3.8, 4) is 6.01 Å². The van der Waals surface area contributed by atoms with E-state index in [0.29, 0.717) is 25.0 Å². The van der Waals surface area contributed by atoms with Crippen LogP contribution in [0.15, 0.2) is 32.5 Å². The van der Waals surface area contributed by atoms with E-state index in [4.69, 9.17) is 4.74 Å². The molecule has 3 heterocycles. The summed E-state index contributed by atoms with van der Waals surface area (Å²) in [6, 6.07) is 1.81. The quantitative estimate of drug-likeness (QED) is 0.827. The lowest BCUT2D eigenvalue weighted by atomic mass is 9.99.